The van der Waals surface area contributed by atoms with Gasteiger partial charge in [-0.15, -0.1) is 12.4 Å². The number of rotatable bonds is 5. The van der Waals surface area contributed by atoms with Gasteiger partial charge in [-0.05, 0) is 32.6 Å². The fourth-order valence-electron chi connectivity index (χ4n) is 3.17. The van der Waals surface area contributed by atoms with Crippen molar-refractivity contribution in [3.8, 4) is 0 Å². The molecule has 21 heavy (non-hydrogen) atoms. The number of carbonyl (C=O) groups is 1. The molecule has 0 saturated carbocycles. The second-order valence-electron chi connectivity index (χ2n) is 5.92. The molecular weight excluding hydrogens is 314 g/mol. The highest BCUT2D eigenvalue weighted by molar-refractivity contribution is 7.89. The van der Waals surface area contributed by atoms with Gasteiger partial charge in [0.2, 0.25) is 15.9 Å². The Morgan fingerprint density at radius 3 is 2.19 bits per heavy atom. The van der Waals surface area contributed by atoms with Crippen molar-refractivity contribution in [1.29, 1.82) is 0 Å². The molecule has 2 saturated heterocycles. The normalized spacial score (nSPS) is 28.3. The molecule has 2 fully saturated rings. The van der Waals surface area contributed by atoms with Crippen LogP contribution in [0.1, 0.15) is 32.6 Å². The molecule has 2 unspecified atom stereocenters. The summed E-state index contributed by atoms with van der Waals surface area (Å²) in [5.74, 6) is -0.0892. The fraction of sp³-hybridized carbons (Fsp3) is 0.923. The van der Waals surface area contributed by atoms with Gasteiger partial charge in [0, 0.05) is 32.2 Å². The molecule has 0 aromatic heterocycles. The molecule has 2 heterocycles. The van der Waals surface area contributed by atoms with E-state index in [0.717, 1.165) is 17.1 Å². The first-order valence-corrected chi connectivity index (χ1v) is 8.90. The van der Waals surface area contributed by atoms with E-state index in [1.807, 2.05) is 0 Å². The third-order valence-corrected chi connectivity index (χ3v) is 6.40. The Balaban J connectivity index is 0.00000220. The van der Waals surface area contributed by atoms with Gasteiger partial charge in [-0.1, -0.05) is 0 Å². The van der Waals surface area contributed by atoms with Gasteiger partial charge in [0.25, 0.3) is 0 Å². The minimum atomic E-state index is -3.29. The number of sulfonamides is 1. The van der Waals surface area contributed by atoms with Crippen LogP contribution in [0.15, 0.2) is 0 Å². The van der Waals surface area contributed by atoms with Gasteiger partial charge in [-0.25, -0.2) is 8.42 Å². The molecule has 0 aromatic rings. The third-order valence-electron chi connectivity index (χ3n) is 4.59. The first-order chi connectivity index (χ1) is 9.33. The maximum atomic E-state index is 12.2. The van der Waals surface area contributed by atoms with E-state index < -0.39 is 10.0 Å². The quantitative estimate of drug-likeness (QED) is 0.788. The Labute approximate surface area is 133 Å². The maximum Gasteiger partial charge on any atom is 0.237 e. The molecule has 0 radical (unpaired) electrons. The molecule has 0 spiro atoms. The van der Waals surface area contributed by atoms with E-state index >= 15 is 0 Å². The Bertz CT molecular complexity index is 459. The highest BCUT2D eigenvalue weighted by Gasteiger charge is 2.36. The molecule has 8 heteroatoms. The molecule has 2 atom stereocenters. The van der Waals surface area contributed by atoms with Crippen molar-refractivity contribution >= 4 is 28.3 Å². The van der Waals surface area contributed by atoms with E-state index in [1.165, 1.54) is 19.9 Å². The largest absolute Gasteiger partial charge is 0.342 e. The van der Waals surface area contributed by atoms with Crippen molar-refractivity contribution in [3.05, 3.63) is 0 Å². The van der Waals surface area contributed by atoms with Crippen LogP contribution in [0.25, 0.3) is 0 Å². The lowest BCUT2D eigenvalue weighted by Gasteiger charge is -2.36. The number of piperidine rings is 1. The molecule has 0 aliphatic carbocycles. The van der Waals surface area contributed by atoms with Crippen LogP contribution in [-0.4, -0.2) is 68.0 Å². The first kappa shape index (κ1) is 18.7. The second-order valence-corrected chi connectivity index (χ2v) is 8.29. The van der Waals surface area contributed by atoms with Crippen LogP contribution in [0.3, 0.4) is 0 Å². The molecule has 2 rings (SSSR count). The minimum absolute atomic E-state index is 0. The zero-order valence-electron chi connectivity index (χ0n) is 12.9. The zero-order chi connectivity index (χ0) is 14.9. The van der Waals surface area contributed by atoms with E-state index in [4.69, 9.17) is 0 Å². The number of nitrogens with zero attached hydrogens (tertiary/aromatic N) is 2. The third kappa shape index (κ3) is 4.31. The van der Waals surface area contributed by atoms with Crippen molar-refractivity contribution < 1.29 is 13.2 Å². The van der Waals surface area contributed by atoms with Gasteiger partial charge in [0.15, 0.2) is 0 Å². The van der Waals surface area contributed by atoms with Gasteiger partial charge in [0.05, 0.1) is 12.3 Å². The lowest BCUT2D eigenvalue weighted by molar-refractivity contribution is -0.132. The van der Waals surface area contributed by atoms with Crippen molar-refractivity contribution in [1.82, 2.24) is 14.5 Å². The predicted octanol–water partition coefficient (Wildman–Crippen LogP) is 0.431. The summed E-state index contributed by atoms with van der Waals surface area (Å²) in [5, 5.41) is 3.54. The van der Waals surface area contributed by atoms with Gasteiger partial charge in [-0.2, -0.15) is 4.31 Å². The Hall–Kier alpha value is -0.370. The summed E-state index contributed by atoms with van der Waals surface area (Å²) in [6.07, 6.45) is 4.33. The predicted molar refractivity (Wildman–Crippen MR) is 85.1 cm³/mol. The first-order valence-electron chi connectivity index (χ1n) is 7.29. The molecule has 0 aromatic carbocycles. The number of likely N-dealkylation sites (N-methyl/N-ethyl adjacent to an activating group) is 2. The number of hydrogen-bond donors (Lipinski definition) is 1. The van der Waals surface area contributed by atoms with E-state index in [-0.39, 0.29) is 36.7 Å². The van der Waals surface area contributed by atoms with Crippen LogP contribution >= 0.6 is 12.4 Å². The van der Waals surface area contributed by atoms with E-state index in [1.54, 1.807) is 18.9 Å². The minimum Gasteiger partial charge on any atom is -0.342 e. The van der Waals surface area contributed by atoms with Gasteiger partial charge >= 0.3 is 0 Å². The van der Waals surface area contributed by atoms with Crippen LogP contribution in [0.4, 0.5) is 0 Å². The molecular formula is C13H26ClN3O3S. The van der Waals surface area contributed by atoms with Crippen molar-refractivity contribution in [2.45, 2.75) is 50.7 Å². The van der Waals surface area contributed by atoms with Crippen molar-refractivity contribution in [2.24, 2.45) is 0 Å². The highest BCUT2D eigenvalue weighted by Crippen LogP contribution is 2.29. The molecule has 124 valence electrons. The SMILES string of the molecule is CCS(=O)(=O)N(C)CC(=O)N(C)C1CC2CCC(C1)N2.Cl. The molecule has 2 bridgehead atoms. The highest BCUT2D eigenvalue weighted by atomic mass is 35.5. The van der Waals surface area contributed by atoms with E-state index in [2.05, 4.69) is 5.32 Å². The van der Waals surface area contributed by atoms with E-state index in [0.29, 0.717) is 12.1 Å². The summed E-state index contributed by atoms with van der Waals surface area (Å²) >= 11 is 0. The monoisotopic (exact) mass is 339 g/mol. The maximum absolute atomic E-state index is 12.2. The average molecular weight is 340 g/mol. The summed E-state index contributed by atoms with van der Waals surface area (Å²) in [6.45, 7) is 1.52. The van der Waals surface area contributed by atoms with Crippen LogP contribution < -0.4 is 5.32 Å². The van der Waals surface area contributed by atoms with Crippen LogP contribution in [0.2, 0.25) is 0 Å². The van der Waals surface area contributed by atoms with Gasteiger partial charge in [0.1, 0.15) is 0 Å². The summed E-state index contributed by atoms with van der Waals surface area (Å²) < 4.78 is 24.5. The fourth-order valence-corrected chi connectivity index (χ4v) is 3.92. The van der Waals surface area contributed by atoms with Crippen molar-refractivity contribution in [3.63, 3.8) is 0 Å². The topological polar surface area (TPSA) is 69.7 Å². The number of fused-ring (bicyclic) bond motifs is 2. The summed E-state index contributed by atoms with van der Waals surface area (Å²) in [6, 6.07) is 1.27. The number of nitrogens with one attached hydrogen (secondary N) is 1. The van der Waals surface area contributed by atoms with Crippen LogP contribution in [-0.2, 0) is 14.8 Å². The van der Waals surface area contributed by atoms with Crippen molar-refractivity contribution in [2.75, 3.05) is 26.4 Å². The summed E-state index contributed by atoms with van der Waals surface area (Å²) in [7, 11) is -0.0285. The standard InChI is InChI=1S/C13H25N3O3S.ClH/c1-4-20(18,19)15(2)9-13(17)16(3)12-7-10-5-6-11(8-12)14-10;/h10-12,14H,4-9H2,1-3H3;1H. The number of halogens is 1. The van der Waals surface area contributed by atoms with E-state index in [9.17, 15) is 13.2 Å². The Kier molecular flexibility index (Phi) is 6.46. The van der Waals surface area contributed by atoms with Gasteiger partial charge < -0.3 is 10.2 Å². The smallest absolute Gasteiger partial charge is 0.237 e. The molecule has 6 nitrogen and oxygen atoms in total. The Morgan fingerprint density at radius 1 is 1.19 bits per heavy atom. The number of carbonyl (C=O) groups excluding carboxylic acids is 1. The number of amides is 1. The molecule has 2 aliphatic rings. The van der Waals surface area contributed by atoms with Gasteiger partial charge in [-0.3, -0.25) is 4.79 Å². The Morgan fingerprint density at radius 2 is 1.71 bits per heavy atom. The molecule has 1 amide bonds. The zero-order valence-corrected chi connectivity index (χ0v) is 14.5. The van der Waals surface area contributed by atoms with Crippen LogP contribution in [0, 0.1) is 0 Å². The number of hydrogen-bond acceptors (Lipinski definition) is 4. The molecule has 2 aliphatic heterocycles. The summed E-state index contributed by atoms with van der Waals surface area (Å²) in [4.78, 5) is 14.0. The lowest BCUT2D eigenvalue weighted by atomic mass is 9.98. The lowest BCUT2D eigenvalue weighted by Crippen LogP contribution is -2.51. The average Bonchev–Trinajstić information content (AvgIpc) is 2.76. The van der Waals surface area contributed by atoms with Crippen LogP contribution in [0.5, 0.6) is 0 Å². The molecule has 1 N–H and O–H groups in total. The second kappa shape index (κ2) is 7.26. The summed E-state index contributed by atoms with van der Waals surface area (Å²) in [5.41, 5.74) is 0.